The summed E-state index contributed by atoms with van der Waals surface area (Å²) in [5, 5.41) is 28.1. The van der Waals surface area contributed by atoms with Gasteiger partial charge in [0.25, 0.3) is 5.96 Å². The average Bonchev–Trinajstić information content (AvgIpc) is 2.67. The first-order valence-electron chi connectivity index (χ1n) is 8.71. The molecule has 0 radical (unpaired) electrons. The maximum Gasteiger partial charge on any atom is 0.408 e. The molecule has 0 saturated carbocycles. The second-order valence-electron chi connectivity index (χ2n) is 6.08. The summed E-state index contributed by atoms with van der Waals surface area (Å²) < 4.78 is 5.10. The van der Waals surface area contributed by atoms with Crippen molar-refractivity contribution in [3.8, 4) is 0 Å². The number of carboxylic acid groups (broad SMARTS) is 1. The number of nitrogens with two attached hydrogens (primary N) is 1. The third-order valence-corrected chi connectivity index (χ3v) is 3.94. The number of aliphatic carboxylic acids is 1. The van der Waals surface area contributed by atoms with Gasteiger partial charge in [-0.05, 0) is 35.2 Å². The molecule has 0 aliphatic carbocycles. The van der Waals surface area contributed by atoms with Gasteiger partial charge in [0.1, 0.15) is 17.8 Å². The first kappa shape index (κ1) is 21.4. The van der Waals surface area contributed by atoms with E-state index in [0.717, 1.165) is 16.3 Å². The topological polar surface area (TPSA) is 169 Å². The number of hydrogen-bond acceptors (Lipinski definition) is 5. The number of nitrogens with one attached hydrogen (secondary N) is 2. The first-order valence-corrected chi connectivity index (χ1v) is 8.71. The van der Waals surface area contributed by atoms with Crippen molar-refractivity contribution in [1.29, 1.82) is 0 Å². The summed E-state index contributed by atoms with van der Waals surface area (Å²) in [5.41, 5.74) is 6.03. The van der Waals surface area contributed by atoms with Gasteiger partial charge in [0.15, 0.2) is 5.03 Å². The van der Waals surface area contributed by atoms with Crippen LogP contribution in [0, 0.1) is 10.1 Å². The molecule has 5 N–H and O–H groups in total. The van der Waals surface area contributed by atoms with Gasteiger partial charge < -0.3 is 26.2 Å². The highest BCUT2D eigenvalue weighted by atomic mass is 16.7. The van der Waals surface area contributed by atoms with Crippen molar-refractivity contribution >= 4 is 28.8 Å². The van der Waals surface area contributed by atoms with Gasteiger partial charge in [0, 0.05) is 6.54 Å². The Balaban J connectivity index is 1.79. The Morgan fingerprint density at radius 3 is 2.66 bits per heavy atom. The Morgan fingerprint density at radius 2 is 1.97 bits per heavy atom. The molecule has 2 aromatic carbocycles. The summed E-state index contributed by atoms with van der Waals surface area (Å²) >= 11 is 0. The molecule has 0 unspecified atom stereocenters. The minimum Gasteiger partial charge on any atom is -0.480 e. The van der Waals surface area contributed by atoms with Gasteiger partial charge in [-0.25, -0.2) is 19.7 Å². The third kappa shape index (κ3) is 7.33. The molecule has 0 heterocycles. The molecule has 1 atom stereocenters. The van der Waals surface area contributed by atoms with E-state index in [-0.39, 0.29) is 32.0 Å². The van der Waals surface area contributed by atoms with Crippen molar-refractivity contribution in [3.05, 3.63) is 58.1 Å². The molecule has 2 rings (SSSR count). The van der Waals surface area contributed by atoms with Crippen molar-refractivity contribution < 1.29 is 24.5 Å². The number of nitrogens with zero attached hydrogens (tertiary/aromatic N) is 2. The molecule has 0 spiro atoms. The molecule has 1 amide bonds. The van der Waals surface area contributed by atoms with Gasteiger partial charge in [0.05, 0.1) is 0 Å². The quantitative estimate of drug-likeness (QED) is 0.160. The molecule has 11 heteroatoms. The highest BCUT2D eigenvalue weighted by Crippen LogP contribution is 2.16. The number of ether oxygens (including phenoxy) is 1. The van der Waals surface area contributed by atoms with Crippen LogP contribution in [0.4, 0.5) is 4.79 Å². The van der Waals surface area contributed by atoms with E-state index in [0.29, 0.717) is 0 Å². The zero-order valence-corrected chi connectivity index (χ0v) is 15.4. The maximum absolute atomic E-state index is 11.9. The molecule has 0 aliphatic heterocycles. The number of carboxylic acids is 1. The van der Waals surface area contributed by atoms with Crippen LogP contribution in [0.3, 0.4) is 0 Å². The fourth-order valence-corrected chi connectivity index (χ4v) is 2.56. The Morgan fingerprint density at radius 1 is 1.24 bits per heavy atom. The molecule has 0 aliphatic rings. The van der Waals surface area contributed by atoms with E-state index >= 15 is 0 Å². The normalized spacial score (nSPS) is 12.2. The minimum absolute atomic E-state index is 0.00154. The molecular weight excluding hydrogens is 382 g/mol. The lowest BCUT2D eigenvalue weighted by atomic mass is 10.1. The lowest BCUT2D eigenvalue weighted by Gasteiger charge is -2.15. The standard InChI is InChI=1S/C18H21N5O6/c19-17(22-23(27)28)20-9-3-6-15(16(24)25)21-18(26)29-11-12-7-8-13-4-1-2-5-14(13)10-12/h1-2,4-5,7-8,10,15H,3,6,9,11H2,(H,21,26)(H,24,25)(H3,19,20,22)/t15-/m1/s1. The number of rotatable bonds is 9. The molecule has 154 valence electrons. The smallest absolute Gasteiger partial charge is 0.408 e. The summed E-state index contributed by atoms with van der Waals surface area (Å²) in [5.74, 6) is -1.61. The molecule has 2 aromatic rings. The zero-order valence-electron chi connectivity index (χ0n) is 15.4. The van der Waals surface area contributed by atoms with E-state index in [4.69, 9.17) is 10.5 Å². The number of benzene rings is 2. The van der Waals surface area contributed by atoms with Gasteiger partial charge >= 0.3 is 12.1 Å². The van der Waals surface area contributed by atoms with Gasteiger partial charge in [-0.3, -0.25) is 0 Å². The summed E-state index contributed by atoms with van der Waals surface area (Å²) in [6.07, 6.45) is -0.511. The van der Waals surface area contributed by atoms with Crippen LogP contribution in [0.5, 0.6) is 0 Å². The van der Waals surface area contributed by atoms with Crippen LogP contribution in [-0.4, -0.2) is 40.7 Å². The molecular formula is C18H21N5O6. The number of alkyl carbamates (subject to hydrolysis) is 1. The molecule has 0 aromatic heterocycles. The van der Waals surface area contributed by atoms with Crippen molar-refractivity contribution in [1.82, 2.24) is 10.6 Å². The molecule has 0 bridgehead atoms. The Bertz CT molecular complexity index is 917. The van der Waals surface area contributed by atoms with Crippen LogP contribution in [0.25, 0.3) is 10.8 Å². The van der Waals surface area contributed by atoms with Gasteiger partial charge in [0.2, 0.25) is 0 Å². The number of nitro groups is 1. The van der Waals surface area contributed by atoms with Crippen molar-refractivity contribution in [3.63, 3.8) is 0 Å². The van der Waals surface area contributed by atoms with Crippen LogP contribution in [0.15, 0.2) is 47.6 Å². The average molecular weight is 403 g/mol. The Labute approximate surface area is 165 Å². The molecule has 29 heavy (non-hydrogen) atoms. The predicted octanol–water partition coefficient (Wildman–Crippen LogP) is 1.40. The van der Waals surface area contributed by atoms with E-state index < -0.39 is 23.1 Å². The highest BCUT2D eigenvalue weighted by molar-refractivity contribution is 5.83. The SMILES string of the molecule is NC(=N[N+](=O)[O-])NCCC[C@@H](NC(=O)OCc1ccc2ccccc2c1)C(=O)O. The second kappa shape index (κ2) is 10.4. The van der Waals surface area contributed by atoms with Crippen LogP contribution >= 0.6 is 0 Å². The van der Waals surface area contributed by atoms with Crippen molar-refractivity contribution in [2.24, 2.45) is 10.8 Å². The number of fused-ring (bicyclic) bond motifs is 1. The van der Waals surface area contributed by atoms with E-state index in [1.807, 2.05) is 42.5 Å². The number of carbonyl (C=O) groups excluding carboxylic acids is 1. The van der Waals surface area contributed by atoms with Crippen LogP contribution < -0.4 is 16.4 Å². The van der Waals surface area contributed by atoms with E-state index in [1.54, 1.807) is 0 Å². The fourth-order valence-electron chi connectivity index (χ4n) is 2.56. The van der Waals surface area contributed by atoms with Crippen molar-refractivity contribution in [2.45, 2.75) is 25.5 Å². The number of carbonyl (C=O) groups is 2. The van der Waals surface area contributed by atoms with Crippen molar-refractivity contribution in [2.75, 3.05) is 6.54 Å². The van der Waals surface area contributed by atoms with Crippen LogP contribution in [0.2, 0.25) is 0 Å². The monoisotopic (exact) mass is 403 g/mol. The predicted molar refractivity (Wildman–Crippen MR) is 105 cm³/mol. The largest absolute Gasteiger partial charge is 0.480 e. The number of guanidine groups is 1. The second-order valence-corrected chi connectivity index (χ2v) is 6.08. The number of hydrazone groups is 1. The van der Waals surface area contributed by atoms with E-state index in [1.165, 1.54) is 0 Å². The van der Waals surface area contributed by atoms with Gasteiger partial charge in [-0.15, -0.1) is 0 Å². The number of hydrogen-bond donors (Lipinski definition) is 4. The summed E-state index contributed by atoms with van der Waals surface area (Å²) in [7, 11) is 0. The number of amides is 1. The summed E-state index contributed by atoms with van der Waals surface area (Å²) in [4.78, 5) is 33.4. The maximum atomic E-state index is 11.9. The van der Waals surface area contributed by atoms with Gasteiger partial charge in [-0.2, -0.15) is 0 Å². The summed E-state index contributed by atoms with van der Waals surface area (Å²) in [6.45, 7) is 0.152. The zero-order chi connectivity index (χ0) is 21.2. The molecule has 0 saturated heterocycles. The van der Waals surface area contributed by atoms with Crippen LogP contribution in [-0.2, 0) is 16.1 Å². The van der Waals surface area contributed by atoms with E-state index in [2.05, 4.69) is 15.7 Å². The Kier molecular flexibility index (Phi) is 7.71. The minimum atomic E-state index is -1.22. The van der Waals surface area contributed by atoms with E-state index in [9.17, 15) is 24.8 Å². The molecule has 0 fully saturated rings. The lowest BCUT2D eigenvalue weighted by molar-refractivity contribution is -0.485. The summed E-state index contributed by atoms with van der Waals surface area (Å²) in [6, 6.07) is 12.2. The van der Waals surface area contributed by atoms with Gasteiger partial charge in [-0.1, -0.05) is 36.4 Å². The van der Waals surface area contributed by atoms with Crippen LogP contribution in [0.1, 0.15) is 18.4 Å². The fraction of sp³-hybridized carbons (Fsp3) is 0.278. The lowest BCUT2D eigenvalue weighted by Crippen LogP contribution is -2.41. The molecule has 11 nitrogen and oxygen atoms in total. The highest BCUT2D eigenvalue weighted by Gasteiger charge is 2.20. The Hall–Kier alpha value is -3.89. The third-order valence-electron chi connectivity index (χ3n) is 3.94. The first-order chi connectivity index (χ1) is 13.8.